The van der Waals surface area contributed by atoms with Crippen molar-refractivity contribution in [2.75, 3.05) is 19.0 Å². The van der Waals surface area contributed by atoms with Crippen molar-refractivity contribution in [3.05, 3.63) is 88.6 Å². The van der Waals surface area contributed by atoms with Gasteiger partial charge in [-0.15, -0.1) is 0 Å². The molecule has 1 heterocycles. The Labute approximate surface area is 179 Å². The van der Waals surface area contributed by atoms with Crippen LogP contribution < -0.4 is 20.2 Å². The molecule has 6 heteroatoms. The van der Waals surface area contributed by atoms with Gasteiger partial charge < -0.3 is 19.2 Å². The molecule has 0 aliphatic rings. The summed E-state index contributed by atoms with van der Waals surface area (Å²) in [6.07, 6.45) is 0. The van der Waals surface area contributed by atoms with Crippen LogP contribution in [0.1, 0.15) is 17.3 Å². The SMILES string of the molecule is CCOc1cccc(C(=O)Nc2ccc(-c3cc(=O)c4cc(OC)ccc4o3)cc2)c1. The molecule has 6 nitrogen and oxygen atoms in total. The summed E-state index contributed by atoms with van der Waals surface area (Å²) < 4.78 is 16.5. The van der Waals surface area contributed by atoms with Gasteiger partial charge in [0.05, 0.1) is 19.1 Å². The molecule has 0 fully saturated rings. The molecule has 1 N–H and O–H groups in total. The van der Waals surface area contributed by atoms with Crippen molar-refractivity contribution < 1.29 is 18.7 Å². The maximum absolute atomic E-state index is 12.5. The molecule has 0 spiro atoms. The third-order valence-corrected chi connectivity index (χ3v) is 4.77. The van der Waals surface area contributed by atoms with E-state index in [0.717, 1.165) is 5.56 Å². The number of carbonyl (C=O) groups is 1. The molecule has 3 aromatic carbocycles. The standard InChI is InChI=1S/C25H21NO5/c1-3-30-20-6-4-5-17(13-20)25(28)26-18-9-7-16(8-10-18)24-15-22(27)21-14-19(29-2)11-12-23(21)31-24/h4-15H,3H2,1-2H3,(H,26,28). The zero-order valence-electron chi connectivity index (χ0n) is 17.2. The van der Waals surface area contributed by atoms with Gasteiger partial charge in [0.15, 0.2) is 5.43 Å². The van der Waals surface area contributed by atoms with Crippen LogP contribution in [0.4, 0.5) is 5.69 Å². The van der Waals surface area contributed by atoms with Gasteiger partial charge in [0.2, 0.25) is 0 Å². The molecule has 31 heavy (non-hydrogen) atoms. The van der Waals surface area contributed by atoms with Crippen molar-refractivity contribution in [1.29, 1.82) is 0 Å². The molecule has 0 bridgehead atoms. The van der Waals surface area contributed by atoms with Crippen molar-refractivity contribution in [2.24, 2.45) is 0 Å². The lowest BCUT2D eigenvalue weighted by Gasteiger charge is -2.09. The van der Waals surface area contributed by atoms with Gasteiger partial charge in [-0.25, -0.2) is 0 Å². The molecular weight excluding hydrogens is 394 g/mol. The highest BCUT2D eigenvalue weighted by Crippen LogP contribution is 2.26. The fraction of sp³-hybridized carbons (Fsp3) is 0.120. The Morgan fingerprint density at radius 1 is 0.968 bits per heavy atom. The van der Waals surface area contributed by atoms with Gasteiger partial charge in [0, 0.05) is 22.9 Å². The molecule has 156 valence electrons. The number of hydrogen-bond acceptors (Lipinski definition) is 5. The lowest BCUT2D eigenvalue weighted by Crippen LogP contribution is -2.11. The normalized spacial score (nSPS) is 10.6. The predicted molar refractivity (Wildman–Crippen MR) is 120 cm³/mol. The van der Waals surface area contributed by atoms with Crippen LogP contribution in [-0.2, 0) is 0 Å². The topological polar surface area (TPSA) is 77.8 Å². The first-order valence-electron chi connectivity index (χ1n) is 9.84. The number of rotatable bonds is 6. The lowest BCUT2D eigenvalue weighted by molar-refractivity contribution is 0.102. The molecule has 0 unspecified atom stereocenters. The Hall–Kier alpha value is -4.06. The highest BCUT2D eigenvalue weighted by atomic mass is 16.5. The minimum Gasteiger partial charge on any atom is -0.497 e. The third kappa shape index (κ3) is 4.43. The first kappa shape index (κ1) is 20.2. The number of carbonyl (C=O) groups excluding carboxylic acids is 1. The fourth-order valence-corrected chi connectivity index (χ4v) is 3.22. The van der Waals surface area contributed by atoms with Crippen LogP contribution in [0.3, 0.4) is 0 Å². The summed E-state index contributed by atoms with van der Waals surface area (Å²) in [4.78, 5) is 25.0. The summed E-state index contributed by atoms with van der Waals surface area (Å²) in [6.45, 7) is 2.42. The Balaban J connectivity index is 1.55. The Morgan fingerprint density at radius 2 is 1.77 bits per heavy atom. The second-order valence-electron chi connectivity index (χ2n) is 6.83. The second-order valence-corrected chi connectivity index (χ2v) is 6.83. The molecule has 1 amide bonds. The van der Waals surface area contributed by atoms with E-state index in [4.69, 9.17) is 13.9 Å². The summed E-state index contributed by atoms with van der Waals surface area (Å²) in [5, 5.41) is 3.32. The van der Waals surface area contributed by atoms with Gasteiger partial charge in [0.25, 0.3) is 5.91 Å². The molecule has 0 aliphatic carbocycles. The largest absolute Gasteiger partial charge is 0.497 e. The second kappa shape index (κ2) is 8.75. The van der Waals surface area contributed by atoms with E-state index in [9.17, 15) is 9.59 Å². The van der Waals surface area contributed by atoms with Gasteiger partial charge in [-0.1, -0.05) is 6.07 Å². The lowest BCUT2D eigenvalue weighted by atomic mass is 10.1. The van der Waals surface area contributed by atoms with Crippen LogP contribution in [0.25, 0.3) is 22.3 Å². The van der Waals surface area contributed by atoms with Crippen molar-refractivity contribution in [2.45, 2.75) is 6.92 Å². The van der Waals surface area contributed by atoms with Crippen molar-refractivity contribution >= 4 is 22.6 Å². The summed E-state index contributed by atoms with van der Waals surface area (Å²) in [5.41, 5.74) is 2.19. The molecule has 0 atom stereocenters. The van der Waals surface area contributed by atoms with E-state index in [-0.39, 0.29) is 11.3 Å². The van der Waals surface area contributed by atoms with Crippen LogP contribution >= 0.6 is 0 Å². The van der Waals surface area contributed by atoms with Gasteiger partial charge in [-0.05, 0) is 67.6 Å². The van der Waals surface area contributed by atoms with Gasteiger partial charge in [-0.3, -0.25) is 9.59 Å². The quantitative estimate of drug-likeness (QED) is 0.473. The van der Waals surface area contributed by atoms with Gasteiger partial charge in [0.1, 0.15) is 22.8 Å². The van der Waals surface area contributed by atoms with E-state index >= 15 is 0 Å². The monoisotopic (exact) mass is 415 g/mol. The van der Waals surface area contributed by atoms with Crippen LogP contribution in [0, 0.1) is 0 Å². The number of nitrogens with one attached hydrogen (secondary N) is 1. The van der Waals surface area contributed by atoms with Gasteiger partial charge in [-0.2, -0.15) is 0 Å². The molecular formula is C25H21NO5. The molecule has 0 radical (unpaired) electrons. The van der Waals surface area contributed by atoms with Crippen LogP contribution in [-0.4, -0.2) is 19.6 Å². The number of anilines is 1. The van der Waals surface area contributed by atoms with E-state index in [1.807, 2.05) is 13.0 Å². The minimum atomic E-state index is -0.236. The molecule has 4 rings (SSSR count). The molecule has 0 aliphatic heterocycles. The Morgan fingerprint density at radius 3 is 2.52 bits per heavy atom. The van der Waals surface area contributed by atoms with Crippen LogP contribution in [0.2, 0.25) is 0 Å². The molecule has 1 aromatic heterocycles. The van der Waals surface area contributed by atoms with Gasteiger partial charge >= 0.3 is 0 Å². The smallest absolute Gasteiger partial charge is 0.255 e. The fourth-order valence-electron chi connectivity index (χ4n) is 3.22. The first-order chi connectivity index (χ1) is 15.1. The van der Waals surface area contributed by atoms with Crippen molar-refractivity contribution in [3.63, 3.8) is 0 Å². The number of hydrogen-bond donors (Lipinski definition) is 1. The van der Waals surface area contributed by atoms with Crippen molar-refractivity contribution in [3.8, 4) is 22.8 Å². The number of amides is 1. The van der Waals surface area contributed by atoms with E-state index in [0.29, 0.717) is 46.1 Å². The first-order valence-corrected chi connectivity index (χ1v) is 9.84. The van der Waals surface area contributed by atoms with Crippen LogP contribution in [0.15, 0.2) is 82.0 Å². The van der Waals surface area contributed by atoms with E-state index in [1.165, 1.54) is 6.07 Å². The molecule has 4 aromatic rings. The highest BCUT2D eigenvalue weighted by molar-refractivity contribution is 6.04. The Kier molecular flexibility index (Phi) is 5.71. The molecule has 0 saturated carbocycles. The van der Waals surface area contributed by atoms with E-state index in [2.05, 4.69) is 5.32 Å². The zero-order valence-corrected chi connectivity index (χ0v) is 17.2. The minimum absolute atomic E-state index is 0.151. The maximum atomic E-state index is 12.5. The predicted octanol–water partition coefficient (Wildman–Crippen LogP) is 5.12. The number of ether oxygens (including phenoxy) is 2. The maximum Gasteiger partial charge on any atom is 0.255 e. The number of methoxy groups -OCH3 is 1. The summed E-state index contributed by atoms with van der Waals surface area (Å²) in [5.74, 6) is 1.46. The number of benzene rings is 3. The average molecular weight is 415 g/mol. The summed E-state index contributed by atoms with van der Waals surface area (Å²) in [6, 6.07) is 20.7. The van der Waals surface area contributed by atoms with Crippen LogP contribution in [0.5, 0.6) is 11.5 Å². The number of fused-ring (bicyclic) bond motifs is 1. The van der Waals surface area contributed by atoms with E-state index < -0.39 is 0 Å². The average Bonchev–Trinajstić information content (AvgIpc) is 2.79. The molecule has 0 saturated heterocycles. The zero-order chi connectivity index (χ0) is 21.8. The highest BCUT2D eigenvalue weighted by Gasteiger charge is 2.10. The Bertz CT molecular complexity index is 1290. The van der Waals surface area contributed by atoms with Crippen molar-refractivity contribution in [1.82, 2.24) is 0 Å². The summed E-state index contributed by atoms with van der Waals surface area (Å²) >= 11 is 0. The summed E-state index contributed by atoms with van der Waals surface area (Å²) in [7, 11) is 1.55. The third-order valence-electron chi connectivity index (χ3n) is 4.77. The van der Waals surface area contributed by atoms with E-state index in [1.54, 1.807) is 67.8 Å².